The molecule has 118 valence electrons. The number of aromatic amines is 1. The van der Waals surface area contributed by atoms with Crippen molar-refractivity contribution < 1.29 is 14.3 Å². The van der Waals surface area contributed by atoms with Crippen LogP contribution in [-0.2, 0) is 6.54 Å². The van der Waals surface area contributed by atoms with Crippen molar-refractivity contribution in [2.45, 2.75) is 6.54 Å². The number of fused-ring (bicyclic) bond motifs is 1. The maximum atomic E-state index is 12.4. The largest absolute Gasteiger partial charge is 0.497 e. The molecule has 0 bridgehead atoms. The molecular formula is C17H17N3O3. The molecule has 23 heavy (non-hydrogen) atoms. The minimum Gasteiger partial charge on any atom is -0.497 e. The molecule has 2 aromatic carbocycles. The average molecular weight is 311 g/mol. The van der Waals surface area contributed by atoms with E-state index >= 15 is 0 Å². The Bertz CT molecular complexity index is 809. The van der Waals surface area contributed by atoms with Crippen LogP contribution in [0.5, 0.6) is 11.5 Å². The molecule has 3 aromatic rings. The lowest BCUT2D eigenvalue weighted by Gasteiger charge is -2.10. The van der Waals surface area contributed by atoms with E-state index in [1.807, 2.05) is 24.3 Å². The van der Waals surface area contributed by atoms with Crippen LogP contribution < -0.4 is 14.8 Å². The van der Waals surface area contributed by atoms with Gasteiger partial charge >= 0.3 is 0 Å². The molecule has 0 saturated carbocycles. The number of para-hydroxylation sites is 2. The topological polar surface area (TPSA) is 76.2 Å². The van der Waals surface area contributed by atoms with Crippen LogP contribution in [0.1, 0.15) is 16.2 Å². The number of benzene rings is 2. The van der Waals surface area contributed by atoms with Gasteiger partial charge in [0.05, 0.1) is 37.4 Å². The van der Waals surface area contributed by atoms with Crippen LogP contribution in [0.4, 0.5) is 0 Å². The third-order valence-corrected chi connectivity index (χ3v) is 3.51. The Morgan fingerprint density at radius 1 is 1.17 bits per heavy atom. The number of ether oxygens (including phenoxy) is 2. The first-order valence-electron chi connectivity index (χ1n) is 7.15. The monoisotopic (exact) mass is 311 g/mol. The second-order valence-electron chi connectivity index (χ2n) is 4.95. The summed E-state index contributed by atoms with van der Waals surface area (Å²) in [4.78, 5) is 20.0. The summed E-state index contributed by atoms with van der Waals surface area (Å²) in [5.74, 6) is 1.54. The standard InChI is InChI=1S/C17H17N3O3/c1-22-11-7-8-15(23-2)12(9-11)17(21)18-10-16-19-13-5-3-4-6-14(13)20-16/h3-9H,10H2,1-2H3,(H,18,21)(H,19,20). The highest BCUT2D eigenvalue weighted by atomic mass is 16.5. The number of hydrogen-bond acceptors (Lipinski definition) is 4. The number of nitrogens with zero attached hydrogens (tertiary/aromatic N) is 1. The fraction of sp³-hybridized carbons (Fsp3) is 0.176. The number of H-pyrrole nitrogens is 1. The van der Waals surface area contributed by atoms with Crippen LogP contribution in [0.3, 0.4) is 0 Å². The van der Waals surface area contributed by atoms with Crippen LogP contribution in [-0.4, -0.2) is 30.1 Å². The molecule has 0 spiro atoms. The fourth-order valence-electron chi connectivity index (χ4n) is 2.34. The summed E-state index contributed by atoms with van der Waals surface area (Å²) in [6, 6.07) is 12.8. The Hall–Kier alpha value is -3.02. The molecule has 0 unspecified atom stereocenters. The van der Waals surface area contributed by atoms with Gasteiger partial charge in [-0.15, -0.1) is 0 Å². The van der Waals surface area contributed by atoms with Crippen LogP contribution in [0.15, 0.2) is 42.5 Å². The van der Waals surface area contributed by atoms with Gasteiger partial charge in [0.2, 0.25) is 0 Å². The second-order valence-corrected chi connectivity index (χ2v) is 4.95. The van der Waals surface area contributed by atoms with E-state index in [9.17, 15) is 4.79 Å². The third-order valence-electron chi connectivity index (χ3n) is 3.51. The van der Waals surface area contributed by atoms with Gasteiger partial charge in [-0.3, -0.25) is 4.79 Å². The third kappa shape index (κ3) is 3.11. The van der Waals surface area contributed by atoms with Gasteiger partial charge in [-0.1, -0.05) is 12.1 Å². The minimum absolute atomic E-state index is 0.249. The van der Waals surface area contributed by atoms with Gasteiger partial charge in [0.15, 0.2) is 0 Å². The number of carbonyl (C=O) groups excluding carboxylic acids is 1. The first-order chi connectivity index (χ1) is 11.2. The Morgan fingerprint density at radius 2 is 2.00 bits per heavy atom. The lowest BCUT2D eigenvalue weighted by molar-refractivity contribution is 0.0946. The Morgan fingerprint density at radius 3 is 2.74 bits per heavy atom. The van der Waals surface area contributed by atoms with Crippen LogP contribution in [0.25, 0.3) is 11.0 Å². The molecule has 0 aliphatic carbocycles. The van der Waals surface area contributed by atoms with Crippen LogP contribution in [0.2, 0.25) is 0 Å². The highest BCUT2D eigenvalue weighted by Gasteiger charge is 2.14. The summed E-state index contributed by atoms with van der Waals surface area (Å²) < 4.78 is 10.4. The van der Waals surface area contributed by atoms with E-state index in [4.69, 9.17) is 9.47 Å². The molecule has 0 radical (unpaired) electrons. The Kier molecular flexibility index (Phi) is 4.14. The van der Waals surface area contributed by atoms with Crippen molar-refractivity contribution in [1.29, 1.82) is 0 Å². The number of methoxy groups -OCH3 is 2. The number of imidazole rings is 1. The summed E-state index contributed by atoms with van der Waals surface area (Å²) in [7, 11) is 3.08. The lowest BCUT2D eigenvalue weighted by atomic mass is 10.1. The SMILES string of the molecule is COc1ccc(OC)c(C(=O)NCc2nc3ccccc3[nH]2)c1. The molecule has 2 N–H and O–H groups in total. The van der Waals surface area contributed by atoms with Crippen molar-refractivity contribution in [1.82, 2.24) is 15.3 Å². The lowest BCUT2D eigenvalue weighted by Crippen LogP contribution is -2.24. The van der Waals surface area contributed by atoms with Crippen molar-refractivity contribution in [2.24, 2.45) is 0 Å². The molecule has 6 heteroatoms. The number of carbonyl (C=O) groups is 1. The molecule has 6 nitrogen and oxygen atoms in total. The van der Waals surface area contributed by atoms with E-state index in [-0.39, 0.29) is 5.91 Å². The molecule has 0 fully saturated rings. The van der Waals surface area contributed by atoms with E-state index in [0.717, 1.165) is 11.0 Å². The maximum Gasteiger partial charge on any atom is 0.255 e. The zero-order chi connectivity index (χ0) is 16.2. The van der Waals surface area contributed by atoms with Crippen molar-refractivity contribution in [3.63, 3.8) is 0 Å². The quantitative estimate of drug-likeness (QED) is 0.759. The van der Waals surface area contributed by atoms with E-state index in [0.29, 0.717) is 29.4 Å². The molecule has 0 aliphatic heterocycles. The normalized spacial score (nSPS) is 10.5. The maximum absolute atomic E-state index is 12.4. The van der Waals surface area contributed by atoms with Gasteiger partial charge in [-0.05, 0) is 30.3 Å². The summed E-state index contributed by atoms with van der Waals surface area (Å²) in [5.41, 5.74) is 2.23. The van der Waals surface area contributed by atoms with E-state index in [1.54, 1.807) is 25.3 Å². The molecule has 1 amide bonds. The summed E-state index contributed by atoms with van der Waals surface area (Å²) in [5, 5.41) is 2.83. The van der Waals surface area contributed by atoms with Crippen molar-refractivity contribution >= 4 is 16.9 Å². The molecule has 1 heterocycles. The van der Waals surface area contributed by atoms with E-state index in [2.05, 4.69) is 15.3 Å². The molecule has 0 atom stereocenters. The first kappa shape index (κ1) is 14.9. The van der Waals surface area contributed by atoms with Gasteiger partial charge < -0.3 is 19.8 Å². The summed E-state index contributed by atoms with van der Waals surface area (Å²) >= 11 is 0. The van der Waals surface area contributed by atoms with Crippen molar-refractivity contribution in [2.75, 3.05) is 14.2 Å². The Labute approximate surface area is 133 Å². The van der Waals surface area contributed by atoms with Gasteiger partial charge in [0.25, 0.3) is 5.91 Å². The van der Waals surface area contributed by atoms with E-state index < -0.39 is 0 Å². The van der Waals surface area contributed by atoms with Gasteiger partial charge in [0, 0.05) is 0 Å². The zero-order valence-corrected chi connectivity index (χ0v) is 12.9. The summed E-state index contributed by atoms with van der Waals surface area (Å²) in [6.07, 6.45) is 0. The zero-order valence-electron chi connectivity index (χ0n) is 12.9. The average Bonchev–Trinajstić information content (AvgIpc) is 3.02. The minimum atomic E-state index is -0.249. The Balaban J connectivity index is 1.76. The molecule has 0 aliphatic rings. The van der Waals surface area contributed by atoms with Crippen LogP contribution in [0, 0.1) is 0 Å². The highest BCUT2D eigenvalue weighted by Crippen LogP contribution is 2.23. The van der Waals surface area contributed by atoms with Crippen molar-refractivity contribution in [3.8, 4) is 11.5 Å². The number of rotatable bonds is 5. The summed E-state index contributed by atoms with van der Waals surface area (Å²) in [6.45, 7) is 0.299. The van der Waals surface area contributed by atoms with Gasteiger partial charge in [-0.25, -0.2) is 4.98 Å². The molecular weight excluding hydrogens is 294 g/mol. The molecule has 3 rings (SSSR count). The first-order valence-corrected chi connectivity index (χ1v) is 7.15. The molecule has 1 aromatic heterocycles. The fourth-order valence-corrected chi connectivity index (χ4v) is 2.34. The predicted molar refractivity (Wildman–Crippen MR) is 86.8 cm³/mol. The molecule has 0 saturated heterocycles. The van der Waals surface area contributed by atoms with Crippen LogP contribution >= 0.6 is 0 Å². The number of hydrogen-bond donors (Lipinski definition) is 2. The highest BCUT2D eigenvalue weighted by molar-refractivity contribution is 5.97. The van der Waals surface area contributed by atoms with Gasteiger partial charge in [-0.2, -0.15) is 0 Å². The van der Waals surface area contributed by atoms with Crippen molar-refractivity contribution in [3.05, 3.63) is 53.9 Å². The second kappa shape index (κ2) is 6.39. The van der Waals surface area contributed by atoms with Gasteiger partial charge in [0.1, 0.15) is 17.3 Å². The predicted octanol–water partition coefficient (Wildman–Crippen LogP) is 2.51. The number of nitrogens with one attached hydrogen (secondary N) is 2. The smallest absolute Gasteiger partial charge is 0.255 e. The van der Waals surface area contributed by atoms with E-state index in [1.165, 1.54) is 7.11 Å². The number of amides is 1. The number of aromatic nitrogens is 2.